The van der Waals surface area contributed by atoms with Crippen LogP contribution in [0.3, 0.4) is 0 Å². The monoisotopic (exact) mass is 167 g/mol. The van der Waals surface area contributed by atoms with Crippen molar-refractivity contribution in [2.45, 2.75) is 44.9 Å². The molecule has 1 heteroatoms. The highest BCUT2D eigenvalue weighted by atomic mass is 16.1. The number of carbonyl (C=O) groups excluding carboxylic acids is 1. The molecule has 0 aromatic heterocycles. The Labute approximate surface area is 77.6 Å². The van der Waals surface area contributed by atoms with Crippen LogP contribution in [0.4, 0.5) is 0 Å². The van der Waals surface area contributed by atoms with Crippen molar-refractivity contribution < 1.29 is 4.79 Å². The zero-order chi connectivity index (χ0) is 7.23. The fraction of sp³-hybridized carbons (Fsp3) is 0.636. The van der Waals surface area contributed by atoms with E-state index in [-0.39, 0.29) is 14.9 Å². The van der Waals surface area contributed by atoms with E-state index < -0.39 is 0 Å². The second-order valence-corrected chi connectivity index (χ2v) is 2.97. The number of Topliss-reactive ketones (excluding diaryl/α,β-unsaturated/α-hetero) is 1. The SMILES string of the molecule is O=C1CCC[CH]CCCC1.[CH2].[CH2]. The summed E-state index contributed by atoms with van der Waals surface area (Å²) in [7, 11) is 0. The highest BCUT2D eigenvalue weighted by molar-refractivity contribution is 5.78. The molecule has 0 unspecified atom stereocenters. The Morgan fingerprint density at radius 2 is 1.50 bits per heavy atom. The molecule has 1 saturated carbocycles. The smallest absolute Gasteiger partial charge is 0.132 e. The van der Waals surface area contributed by atoms with E-state index in [1.54, 1.807) is 0 Å². The van der Waals surface area contributed by atoms with E-state index >= 15 is 0 Å². The van der Waals surface area contributed by atoms with Gasteiger partial charge in [-0.05, 0) is 25.7 Å². The number of carbonyl (C=O) groups is 1. The molecule has 12 heavy (non-hydrogen) atoms. The molecule has 0 bridgehead atoms. The molecule has 1 fully saturated rings. The van der Waals surface area contributed by atoms with Crippen molar-refractivity contribution in [2.75, 3.05) is 0 Å². The van der Waals surface area contributed by atoms with E-state index in [1.807, 2.05) is 0 Å². The molecule has 0 saturated heterocycles. The van der Waals surface area contributed by atoms with E-state index in [9.17, 15) is 4.79 Å². The maximum absolute atomic E-state index is 11.0. The number of ketones is 1. The molecule has 1 rings (SSSR count). The third kappa shape index (κ3) is 6.38. The van der Waals surface area contributed by atoms with Crippen LogP contribution in [0.25, 0.3) is 0 Å². The van der Waals surface area contributed by atoms with Crippen molar-refractivity contribution in [3.05, 3.63) is 21.3 Å². The number of hydrogen-bond acceptors (Lipinski definition) is 1. The first kappa shape index (κ1) is 14.2. The van der Waals surface area contributed by atoms with E-state index in [2.05, 4.69) is 6.42 Å². The first-order valence-electron chi connectivity index (χ1n) is 4.23. The molecule has 5 radical (unpaired) electrons. The van der Waals surface area contributed by atoms with Crippen LogP contribution < -0.4 is 0 Å². The lowest BCUT2D eigenvalue weighted by atomic mass is 10.1. The van der Waals surface area contributed by atoms with Crippen LogP contribution in [0.2, 0.25) is 0 Å². The fourth-order valence-corrected chi connectivity index (χ4v) is 1.32. The van der Waals surface area contributed by atoms with Gasteiger partial charge in [-0.15, -0.1) is 0 Å². The maximum atomic E-state index is 11.0. The first-order chi connectivity index (χ1) is 4.89. The summed E-state index contributed by atoms with van der Waals surface area (Å²) in [6.45, 7) is 0. The molecule has 0 heterocycles. The van der Waals surface area contributed by atoms with Gasteiger partial charge in [-0.25, -0.2) is 0 Å². The molecular formula is C11H19O. The summed E-state index contributed by atoms with van der Waals surface area (Å²) in [5, 5.41) is 0. The van der Waals surface area contributed by atoms with Crippen LogP contribution >= 0.6 is 0 Å². The molecule has 69 valence electrons. The third-order valence-corrected chi connectivity index (χ3v) is 1.98. The minimum Gasteiger partial charge on any atom is -0.300 e. The van der Waals surface area contributed by atoms with Crippen LogP contribution in [0.15, 0.2) is 0 Å². The van der Waals surface area contributed by atoms with Gasteiger partial charge < -0.3 is 0 Å². The van der Waals surface area contributed by atoms with Crippen molar-refractivity contribution in [3.63, 3.8) is 0 Å². The standard InChI is InChI=1S/C9H15O.2CH2/c10-9-7-5-3-1-2-4-6-8-9;;/h1H,2-8H2;2*1H2. The second kappa shape index (κ2) is 8.76. The third-order valence-electron chi connectivity index (χ3n) is 1.98. The molecule has 0 amide bonds. The summed E-state index contributed by atoms with van der Waals surface area (Å²) in [6, 6.07) is 0. The van der Waals surface area contributed by atoms with Crippen LogP contribution in [-0.4, -0.2) is 5.78 Å². The Morgan fingerprint density at radius 1 is 0.917 bits per heavy atom. The number of rotatable bonds is 0. The molecule has 0 aliphatic heterocycles. The molecule has 0 N–H and O–H groups in total. The maximum Gasteiger partial charge on any atom is 0.132 e. The van der Waals surface area contributed by atoms with Crippen LogP contribution in [-0.2, 0) is 4.79 Å². The summed E-state index contributed by atoms with van der Waals surface area (Å²) < 4.78 is 0. The van der Waals surface area contributed by atoms with Gasteiger partial charge in [-0.2, -0.15) is 0 Å². The predicted molar refractivity (Wildman–Crippen MR) is 52.3 cm³/mol. The van der Waals surface area contributed by atoms with Gasteiger partial charge in [-0.1, -0.05) is 27.7 Å². The van der Waals surface area contributed by atoms with Gasteiger partial charge in [0.1, 0.15) is 5.78 Å². The molecular weight excluding hydrogens is 148 g/mol. The lowest BCUT2D eigenvalue weighted by Gasteiger charge is -1.93. The minimum atomic E-state index is 0. The van der Waals surface area contributed by atoms with Crippen molar-refractivity contribution in [2.24, 2.45) is 0 Å². The van der Waals surface area contributed by atoms with Crippen LogP contribution in [0.1, 0.15) is 44.9 Å². The molecule has 0 aromatic rings. The molecule has 0 spiro atoms. The number of hydrogen-bond donors (Lipinski definition) is 0. The Kier molecular flexibility index (Phi) is 10.4. The molecule has 1 nitrogen and oxygen atoms in total. The van der Waals surface area contributed by atoms with Gasteiger partial charge in [-0.3, -0.25) is 4.79 Å². The Hall–Kier alpha value is -0.330. The lowest BCUT2D eigenvalue weighted by molar-refractivity contribution is -0.119. The fourth-order valence-electron chi connectivity index (χ4n) is 1.32. The zero-order valence-electron chi connectivity index (χ0n) is 7.85. The van der Waals surface area contributed by atoms with E-state index in [0.717, 1.165) is 32.1 Å². The van der Waals surface area contributed by atoms with E-state index in [4.69, 9.17) is 0 Å². The first-order valence-corrected chi connectivity index (χ1v) is 4.23. The Bertz CT molecular complexity index is 95.6. The van der Waals surface area contributed by atoms with Gasteiger partial charge in [0.25, 0.3) is 0 Å². The van der Waals surface area contributed by atoms with Crippen LogP contribution in [0, 0.1) is 21.3 Å². The topological polar surface area (TPSA) is 17.1 Å². The second-order valence-electron chi connectivity index (χ2n) is 2.97. The zero-order valence-corrected chi connectivity index (χ0v) is 7.85. The van der Waals surface area contributed by atoms with Gasteiger partial charge in [0.2, 0.25) is 0 Å². The quantitative estimate of drug-likeness (QED) is 0.541. The van der Waals surface area contributed by atoms with Crippen molar-refractivity contribution in [1.29, 1.82) is 0 Å². The summed E-state index contributed by atoms with van der Waals surface area (Å²) in [5.41, 5.74) is 0. The van der Waals surface area contributed by atoms with Crippen molar-refractivity contribution in [3.8, 4) is 0 Å². The average Bonchev–Trinajstić information content (AvgIpc) is 2.02. The minimum absolute atomic E-state index is 0. The summed E-state index contributed by atoms with van der Waals surface area (Å²) in [4.78, 5) is 11.0. The highest BCUT2D eigenvalue weighted by Crippen LogP contribution is 2.12. The Balaban J connectivity index is 0. The van der Waals surface area contributed by atoms with Crippen LogP contribution in [0.5, 0.6) is 0 Å². The van der Waals surface area contributed by atoms with Gasteiger partial charge >= 0.3 is 0 Å². The van der Waals surface area contributed by atoms with Crippen molar-refractivity contribution in [1.82, 2.24) is 0 Å². The van der Waals surface area contributed by atoms with E-state index in [0.29, 0.717) is 5.78 Å². The van der Waals surface area contributed by atoms with Gasteiger partial charge in [0.05, 0.1) is 0 Å². The normalized spacial score (nSPS) is 19.2. The average molecular weight is 167 g/mol. The molecule has 0 aromatic carbocycles. The largest absolute Gasteiger partial charge is 0.300 e. The van der Waals surface area contributed by atoms with Gasteiger partial charge in [0.15, 0.2) is 0 Å². The molecule has 1 aliphatic rings. The summed E-state index contributed by atoms with van der Waals surface area (Å²) >= 11 is 0. The Morgan fingerprint density at radius 3 is 2.25 bits per heavy atom. The molecule has 0 atom stereocenters. The summed E-state index contributed by atoms with van der Waals surface area (Å²) in [6.07, 6.45) is 9.72. The highest BCUT2D eigenvalue weighted by Gasteiger charge is 2.03. The van der Waals surface area contributed by atoms with E-state index in [1.165, 1.54) is 12.8 Å². The summed E-state index contributed by atoms with van der Waals surface area (Å²) in [5.74, 6) is 0.468. The predicted octanol–water partition coefficient (Wildman–Crippen LogP) is 3.16. The van der Waals surface area contributed by atoms with Gasteiger partial charge in [0, 0.05) is 12.8 Å². The van der Waals surface area contributed by atoms with Crippen molar-refractivity contribution >= 4 is 5.78 Å². The molecule has 1 aliphatic carbocycles. The lowest BCUT2D eigenvalue weighted by Crippen LogP contribution is -1.95.